The van der Waals surface area contributed by atoms with E-state index < -0.39 is 27.7 Å². The highest BCUT2D eigenvalue weighted by Crippen LogP contribution is 2.35. The lowest BCUT2D eigenvalue weighted by Gasteiger charge is -2.22. The van der Waals surface area contributed by atoms with Gasteiger partial charge in [0.2, 0.25) is 10.0 Å². The third-order valence-electron chi connectivity index (χ3n) is 2.95. The van der Waals surface area contributed by atoms with Gasteiger partial charge in [-0.05, 0) is 31.0 Å². The molecule has 1 aromatic carbocycles. The van der Waals surface area contributed by atoms with Gasteiger partial charge in [-0.2, -0.15) is 4.31 Å². The van der Waals surface area contributed by atoms with Crippen LogP contribution in [0.1, 0.15) is 24.4 Å². The number of sulfonamides is 1. The Morgan fingerprint density at radius 2 is 2.06 bits per heavy atom. The van der Waals surface area contributed by atoms with E-state index in [0.717, 1.165) is 24.5 Å². The van der Waals surface area contributed by atoms with Crippen molar-refractivity contribution >= 4 is 10.0 Å². The maximum atomic E-state index is 13.6. The summed E-state index contributed by atoms with van der Waals surface area (Å²) in [5, 5.41) is 0. The molecule has 0 N–H and O–H groups in total. The van der Waals surface area contributed by atoms with Crippen molar-refractivity contribution in [3.63, 3.8) is 0 Å². The molecule has 1 aliphatic rings. The highest BCUT2D eigenvalue weighted by Gasteiger charge is 2.34. The lowest BCUT2D eigenvalue weighted by molar-refractivity contribution is 0.388. The van der Waals surface area contributed by atoms with Gasteiger partial charge in [0.25, 0.3) is 0 Å². The molecule has 0 aromatic heterocycles. The topological polar surface area (TPSA) is 37.4 Å². The number of hydrogen-bond acceptors (Lipinski definition) is 2. The molecule has 0 aliphatic carbocycles. The molecule has 17 heavy (non-hydrogen) atoms. The Bertz CT molecular complexity index is 530. The molecule has 1 aromatic rings. The van der Waals surface area contributed by atoms with Gasteiger partial charge in [0, 0.05) is 12.1 Å². The minimum atomic E-state index is -3.39. The first-order valence-electron chi connectivity index (χ1n) is 5.31. The fraction of sp³-hybridized carbons (Fsp3) is 0.455. The molecule has 1 saturated heterocycles. The molecule has 2 rings (SSSR count). The summed E-state index contributed by atoms with van der Waals surface area (Å²) < 4.78 is 51.0. The summed E-state index contributed by atoms with van der Waals surface area (Å²) in [6, 6.07) is 2.55. The maximum absolute atomic E-state index is 13.6. The fourth-order valence-corrected chi connectivity index (χ4v) is 3.36. The van der Waals surface area contributed by atoms with E-state index in [0.29, 0.717) is 19.4 Å². The fourth-order valence-electron chi connectivity index (χ4n) is 2.22. The van der Waals surface area contributed by atoms with Crippen LogP contribution in [0.25, 0.3) is 0 Å². The molecule has 1 aliphatic heterocycles. The second-order valence-electron chi connectivity index (χ2n) is 4.20. The average Bonchev–Trinajstić information content (AvgIpc) is 2.69. The van der Waals surface area contributed by atoms with Crippen LogP contribution in [-0.2, 0) is 10.0 Å². The van der Waals surface area contributed by atoms with Crippen LogP contribution < -0.4 is 0 Å². The Balaban J connectivity index is 2.42. The van der Waals surface area contributed by atoms with Gasteiger partial charge in [-0.3, -0.25) is 0 Å². The van der Waals surface area contributed by atoms with Crippen molar-refractivity contribution in [3.8, 4) is 0 Å². The summed E-state index contributed by atoms with van der Waals surface area (Å²) in [5.74, 6) is -1.12. The van der Waals surface area contributed by atoms with Gasteiger partial charge in [0.15, 0.2) is 0 Å². The number of rotatable bonds is 2. The number of hydrogen-bond donors (Lipinski definition) is 0. The van der Waals surface area contributed by atoms with Crippen molar-refractivity contribution in [2.45, 2.75) is 18.9 Å². The van der Waals surface area contributed by atoms with Crippen LogP contribution >= 0.6 is 0 Å². The Labute approximate surface area is 99.1 Å². The number of nitrogens with zero attached hydrogens (tertiary/aromatic N) is 1. The van der Waals surface area contributed by atoms with Crippen LogP contribution in [0.5, 0.6) is 0 Å². The lowest BCUT2D eigenvalue weighted by Crippen LogP contribution is -2.30. The number of halogens is 2. The first kappa shape index (κ1) is 12.4. The quantitative estimate of drug-likeness (QED) is 0.817. The Morgan fingerprint density at radius 1 is 1.35 bits per heavy atom. The highest BCUT2D eigenvalue weighted by molar-refractivity contribution is 7.88. The maximum Gasteiger partial charge on any atom is 0.211 e. The molecular weight excluding hydrogens is 248 g/mol. The lowest BCUT2D eigenvalue weighted by atomic mass is 10.0. The predicted octanol–water partition coefficient (Wildman–Crippen LogP) is 2.06. The van der Waals surface area contributed by atoms with Crippen LogP contribution in [0, 0.1) is 11.6 Å². The van der Waals surface area contributed by atoms with E-state index >= 15 is 0 Å². The molecule has 94 valence electrons. The monoisotopic (exact) mass is 261 g/mol. The van der Waals surface area contributed by atoms with Gasteiger partial charge < -0.3 is 0 Å². The smallest absolute Gasteiger partial charge is 0.211 e. The van der Waals surface area contributed by atoms with E-state index in [4.69, 9.17) is 0 Å². The van der Waals surface area contributed by atoms with Crippen molar-refractivity contribution in [1.29, 1.82) is 0 Å². The zero-order chi connectivity index (χ0) is 12.6. The molecule has 0 saturated carbocycles. The summed E-state index contributed by atoms with van der Waals surface area (Å²) in [6.07, 6.45) is 2.27. The molecule has 6 heteroatoms. The summed E-state index contributed by atoms with van der Waals surface area (Å²) in [6.45, 7) is 0.361. The Kier molecular flexibility index (Phi) is 3.18. The van der Waals surface area contributed by atoms with Crippen LogP contribution in [-0.4, -0.2) is 25.5 Å². The van der Waals surface area contributed by atoms with Crippen molar-refractivity contribution in [2.24, 2.45) is 0 Å². The van der Waals surface area contributed by atoms with E-state index in [1.807, 2.05) is 0 Å². The van der Waals surface area contributed by atoms with Gasteiger partial charge in [0.05, 0.1) is 12.3 Å². The standard InChI is InChI=1S/C11H13F2NO2S/c1-17(15,16)14-6-2-3-11(14)9-7-8(12)4-5-10(9)13/h4-5,7,11H,2-3,6H2,1H3. The summed E-state index contributed by atoms with van der Waals surface area (Å²) in [4.78, 5) is 0. The Morgan fingerprint density at radius 3 is 2.71 bits per heavy atom. The Hall–Kier alpha value is -1.01. The van der Waals surface area contributed by atoms with E-state index in [-0.39, 0.29) is 5.56 Å². The van der Waals surface area contributed by atoms with Gasteiger partial charge >= 0.3 is 0 Å². The molecule has 1 fully saturated rings. The second-order valence-corrected chi connectivity index (χ2v) is 6.13. The van der Waals surface area contributed by atoms with Crippen LogP contribution in [0.2, 0.25) is 0 Å². The second kappa shape index (κ2) is 4.34. The van der Waals surface area contributed by atoms with Gasteiger partial charge in [0.1, 0.15) is 11.6 Å². The third kappa shape index (κ3) is 2.47. The van der Waals surface area contributed by atoms with Crippen LogP contribution in [0.15, 0.2) is 18.2 Å². The zero-order valence-corrected chi connectivity index (χ0v) is 10.2. The number of benzene rings is 1. The minimum Gasteiger partial charge on any atom is -0.212 e. The molecule has 1 atom stereocenters. The van der Waals surface area contributed by atoms with Crippen molar-refractivity contribution in [1.82, 2.24) is 4.31 Å². The van der Waals surface area contributed by atoms with Crippen molar-refractivity contribution in [2.75, 3.05) is 12.8 Å². The van der Waals surface area contributed by atoms with Crippen molar-refractivity contribution < 1.29 is 17.2 Å². The molecule has 0 bridgehead atoms. The minimum absolute atomic E-state index is 0.118. The van der Waals surface area contributed by atoms with E-state index in [2.05, 4.69) is 0 Å². The molecule has 0 spiro atoms. The van der Waals surface area contributed by atoms with Crippen molar-refractivity contribution in [3.05, 3.63) is 35.4 Å². The molecule has 1 unspecified atom stereocenters. The van der Waals surface area contributed by atoms with Gasteiger partial charge in [-0.25, -0.2) is 17.2 Å². The van der Waals surface area contributed by atoms with Crippen LogP contribution in [0.4, 0.5) is 8.78 Å². The first-order valence-corrected chi connectivity index (χ1v) is 7.16. The third-order valence-corrected chi connectivity index (χ3v) is 4.24. The summed E-state index contributed by atoms with van der Waals surface area (Å²) in [7, 11) is -3.39. The van der Waals surface area contributed by atoms with E-state index in [1.165, 1.54) is 4.31 Å². The molecule has 0 radical (unpaired) electrons. The first-order chi connectivity index (χ1) is 7.89. The highest BCUT2D eigenvalue weighted by atomic mass is 32.2. The zero-order valence-electron chi connectivity index (χ0n) is 9.36. The van der Waals surface area contributed by atoms with Crippen LogP contribution in [0.3, 0.4) is 0 Å². The van der Waals surface area contributed by atoms with E-state index in [9.17, 15) is 17.2 Å². The van der Waals surface area contributed by atoms with Gasteiger partial charge in [-0.1, -0.05) is 0 Å². The SMILES string of the molecule is CS(=O)(=O)N1CCCC1c1cc(F)ccc1F. The summed E-state index contributed by atoms with van der Waals surface area (Å²) in [5.41, 5.74) is 0.118. The molecule has 0 amide bonds. The van der Waals surface area contributed by atoms with E-state index in [1.54, 1.807) is 0 Å². The largest absolute Gasteiger partial charge is 0.212 e. The summed E-state index contributed by atoms with van der Waals surface area (Å²) >= 11 is 0. The molecule has 3 nitrogen and oxygen atoms in total. The predicted molar refractivity (Wildman–Crippen MR) is 59.9 cm³/mol. The molecule has 1 heterocycles. The average molecular weight is 261 g/mol. The molecular formula is C11H13F2NO2S. The van der Waals surface area contributed by atoms with Gasteiger partial charge in [-0.15, -0.1) is 0 Å². The normalized spacial score (nSPS) is 21.9.